The Hall–Kier alpha value is -1.13. The van der Waals surface area contributed by atoms with E-state index in [1.165, 1.54) is 17.5 Å². The largest absolute Gasteiger partial charge is 0.343 e. The predicted octanol–water partition coefficient (Wildman–Crippen LogP) is 5.35. The maximum Gasteiger partial charge on any atom is 0.124 e. The van der Waals surface area contributed by atoms with Crippen LogP contribution in [0.5, 0.6) is 0 Å². The van der Waals surface area contributed by atoms with Gasteiger partial charge in [-0.25, -0.2) is 4.39 Å². The lowest BCUT2D eigenvalue weighted by Gasteiger charge is -2.08. The number of nitrogens with zero attached hydrogens (tertiary/aromatic N) is 1. The summed E-state index contributed by atoms with van der Waals surface area (Å²) in [6.45, 7) is 0.709. The van der Waals surface area contributed by atoms with Crippen LogP contribution in [0, 0.1) is 5.82 Å². The zero-order chi connectivity index (χ0) is 13.4. The van der Waals surface area contributed by atoms with Crippen molar-refractivity contribution in [1.82, 2.24) is 4.57 Å². The van der Waals surface area contributed by atoms with Crippen LogP contribution in [-0.2, 0) is 6.54 Å². The van der Waals surface area contributed by atoms with Crippen LogP contribution in [0.15, 0.2) is 57.6 Å². The van der Waals surface area contributed by atoms with Gasteiger partial charge >= 0.3 is 0 Å². The number of rotatable bonds is 2. The molecule has 3 rings (SSSR count). The Morgan fingerprint density at radius 1 is 1.00 bits per heavy atom. The van der Waals surface area contributed by atoms with E-state index in [0.717, 1.165) is 20.0 Å². The second-order valence-corrected chi connectivity index (χ2v) is 6.06. The van der Waals surface area contributed by atoms with Gasteiger partial charge in [-0.2, -0.15) is 0 Å². The number of aromatic nitrogens is 1. The van der Waals surface area contributed by atoms with E-state index in [-0.39, 0.29) is 5.82 Å². The Morgan fingerprint density at radius 2 is 1.84 bits per heavy atom. The zero-order valence-electron chi connectivity index (χ0n) is 9.91. The van der Waals surface area contributed by atoms with Gasteiger partial charge < -0.3 is 4.57 Å². The van der Waals surface area contributed by atoms with E-state index in [4.69, 9.17) is 0 Å². The second-order valence-electron chi connectivity index (χ2n) is 4.35. The summed E-state index contributed by atoms with van der Waals surface area (Å²) in [5.41, 5.74) is 2.21. The molecule has 2 aromatic carbocycles. The lowest BCUT2D eigenvalue weighted by Crippen LogP contribution is -1.99. The maximum absolute atomic E-state index is 13.1. The van der Waals surface area contributed by atoms with Gasteiger partial charge in [0.05, 0.1) is 0 Å². The van der Waals surface area contributed by atoms with Crippen LogP contribution in [0.4, 0.5) is 4.39 Å². The van der Waals surface area contributed by atoms with Crippen LogP contribution in [0.25, 0.3) is 10.9 Å². The molecular weight excluding hydrogens is 373 g/mol. The average Bonchev–Trinajstić information content (AvgIpc) is 2.78. The fourth-order valence-corrected chi connectivity index (χ4v) is 3.12. The van der Waals surface area contributed by atoms with Crippen LogP contribution in [0.3, 0.4) is 0 Å². The van der Waals surface area contributed by atoms with Crippen LogP contribution < -0.4 is 0 Å². The molecule has 0 bridgehead atoms. The van der Waals surface area contributed by atoms with E-state index in [1.54, 1.807) is 0 Å². The van der Waals surface area contributed by atoms with Crippen molar-refractivity contribution in [2.45, 2.75) is 6.54 Å². The lowest BCUT2D eigenvalue weighted by atomic mass is 10.2. The summed E-state index contributed by atoms with van der Waals surface area (Å²) >= 11 is 6.96. The first-order valence-electron chi connectivity index (χ1n) is 5.82. The molecule has 3 aromatic rings. The standard InChI is InChI=1S/C15H10Br2FN/c16-13-2-1-3-15-12(13)6-7-19(15)9-10-4-5-11(18)8-14(10)17/h1-8H,9H2. The van der Waals surface area contributed by atoms with Gasteiger partial charge in [0.25, 0.3) is 0 Å². The predicted molar refractivity (Wildman–Crippen MR) is 82.8 cm³/mol. The van der Waals surface area contributed by atoms with Crippen LogP contribution in [-0.4, -0.2) is 4.57 Å². The number of fused-ring (bicyclic) bond motifs is 1. The van der Waals surface area contributed by atoms with Crippen molar-refractivity contribution in [3.63, 3.8) is 0 Å². The van der Waals surface area contributed by atoms with Crippen LogP contribution in [0.2, 0.25) is 0 Å². The summed E-state index contributed by atoms with van der Waals surface area (Å²) in [5.74, 6) is -0.226. The number of halogens is 3. The number of hydrogen-bond acceptors (Lipinski definition) is 0. The minimum absolute atomic E-state index is 0.226. The van der Waals surface area contributed by atoms with Crippen molar-refractivity contribution in [3.8, 4) is 0 Å². The fraction of sp³-hybridized carbons (Fsp3) is 0.0667. The molecule has 1 nitrogen and oxygen atoms in total. The van der Waals surface area contributed by atoms with E-state index in [0.29, 0.717) is 6.54 Å². The molecule has 0 unspecified atom stereocenters. The molecule has 1 heterocycles. The Balaban J connectivity index is 2.04. The summed E-state index contributed by atoms with van der Waals surface area (Å²) in [7, 11) is 0. The van der Waals surface area contributed by atoms with Crippen molar-refractivity contribution in [2.24, 2.45) is 0 Å². The molecule has 0 atom stereocenters. The molecule has 96 valence electrons. The highest BCUT2D eigenvalue weighted by atomic mass is 79.9. The van der Waals surface area contributed by atoms with Crippen molar-refractivity contribution in [3.05, 3.63) is 69.0 Å². The van der Waals surface area contributed by atoms with Crippen molar-refractivity contribution < 1.29 is 4.39 Å². The third-order valence-electron chi connectivity index (χ3n) is 3.12. The van der Waals surface area contributed by atoms with Crippen molar-refractivity contribution in [2.75, 3.05) is 0 Å². The Bertz CT molecular complexity index is 749. The molecule has 0 saturated heterocycles. The molecule has 0 fully saturated rings. The first-order valence-corrected chi connectivity index (χ1v) is 7.41. The summed E-state index contributed by atoms with van der Waals surface area (Å²) < 4.78 is 17.1. The van der Waals surface area contributed by atoms with E-state index in [2.05, 4.69) is 48.6 Å². The molecule has 0 N–H and O–H groups in total. The van der Waals surface area contributed by atoms with Gasteiger partial charge in [0, 0.05) is 32.6 Å². The zero-order valence-corrected chi connectivity index (χ0v) is 13.1. The Morgan fingerprint density at radius 3 is 2.63 bits per heavy atom. The highest BCUT2D eigenvalue weighted by Crippen LogP contribution is 2.26. The van der Waals surface area contributed by atoms with Gasteiger partial charge in [0.1, 0.15) is 5.82 Å². The van der Waals surface area contributed by atoms with E-state index in [9.17, 15) is 4.39 Å². The number of benzene rings is 2. The molecule has 4 heteroatoms. The first kappa shape index (κ1) is 12.9. The molecule has 0 aliphatic rings. The molecule has 0 aliphatic heterocycles. The quantitative estimate of drug-likeness (QED) is 0.562. The third-order valence-corrected chi connectivity index (χ3v) is 4.55. The summed E-state index contributed by atoms with van der Waals surface area (Å²) in [4.78, 5) is 0. The second kappa shape index (κ2) is 5.10. The van der Waals surface area contributed by atoms with Crippen LogP contribution >= 0.6 is 31.9 Å². The average molecular weight is 383 g/mol. The van der Waals surface area contributed by atoms with Gasteiger partial charge in [-0.05, 0) is 35.9 Å². The van der Waals surface area contributed by atoms with Crippen LogP contribution in [0.1, 0.15) is 5.56 Å². The molecule has 0 radical (unpaired) electrons. The van der Waals surface area contributed by atoms with Gasteiger partial charge in [0.2, 0.25) is 0 Å². The van der Waals surface area contributed by atoms with E-state index >= 15 is 0 Å². The highest BCUT2D eigenvalue weighted by Gasteiger charge is 2.07. The molecule has 1 aromatic heterocycles. The molecule has 0 amide bonds. The Labute approximate surface area is 127 Å². The van der Waals surface area contributed by atoms with Gasteiger partial charge in [0.15, 0.2) is 0 Å². The van der Waals surface area contributed by atoms with Gasteiger partial charge in [-0.3, -0.25) is 0 Å². The van der Waals surface area contributed by atoms with Gasteiger partial charge in [-0.15, -0.1) is 0 Å². The molecular formula is C15H10Br2FN. The minimum Gasteiger partial charge on any atom is -0.343 e. The topological polar surface area (TPSA) is 4.93 Å². The Kier molecular flexibility index (Phi) is 3.46. The molecule has 0 aliphatic carbocycles. The fourth-order valence-electron chi connectivity index (χ4n) is 2.16. The number of hydrogen-bond donors (Lipinski definition) is 0. The minimum atomic E-state index is -0.226. The SMILES string of the molecule is Fc1ccc(Cn2ccc3c(Br)cccc32)c(Br)c1. The maximum atomic E-state index is 13.1. The van der Waals surface area contributed by atoms with Crippen molar-refractivity contribution >= 4 is 42.8 Å². The molecule has 0 saturated carbocycles. The summed E-state index contributed by atoms with van der Waals surface area (Å²) in [5, 5.41) is 1.18. The highest BCUT2D eigenvalue weighted by molar-refractivity contribution is 9.11. The van der Waals surface area contributed by atoms with E-state index in [1.807, 2.05) is 24.4 Å². The first-order chi connectivity index (χ1) is 9.15. The summed E-state index contributed by atoms with van der Waals surface area (Å²) in [6.07, 6.45) is 2.05. The van der Waals surface area contributed by atoms with E-state index < -0.39 is 0 Å². The summed E-state index contributed by atoms with van der Waals surface area (Å²) in [6, 6.07) is 13.0. The molecule has 0 spiro atoms. The van der Waals surface area contributed by atoms with Gasteiger partial charge in [-0.1, -0.05) is 44.0 Å². The van der Waals surface area contributed by atoms with Crippen molar-refractivity contribution in [1.29, 1.82) is 0 Å². The monoisotopic (exact) mass is 381 g/mol. The lowest BCUT2D eigenvalue weighted by molar-refractivity contribution is 0.625. The molecule has 19 heavy (non-hydrogen) atoms. The normalized spacial score (nSPS) is 11.1. The smallest absolute Gasteiger partial charge is 0.124 e. The third kappa shape index (κ3) is 2.47.